The van der Waals surface area contributed by atoms with E-state index in [1.165, 1.54) is 25.7 Å². The molecule has 0 heterocycles. The highest BCUT2D eigenvalue weighted by molar-refractivity contribution is 4.96. The standard InChI is InChI=1S/C11H20O2/c1-13-10-7-11(12,8-10)6-9-4-2-3-5-9/h9-10,12H,2-8H2,1H3. The van der Waals surface area contributed by atoms with Crippen LogP contribution < -0.4 is 0 Å². The van der Waals surface area contributed by atoms with Gasteiger partial charge in [-0.2, -0.15) is 0 Å². The molecule has 2 aliphatic carbocycles. The van der Waals surface area contributed by atoms with Gasteiger partial charge in [-0.25, -0.2) is 0 Å². The topological polar surface area (TPSA) is 29.5 Å². The lowest BCUT2D eigenvalue weighted by atomic mass is 9.72. The zero-order valence-electron chi connectivity index (χ0n) is 8.46. The fourth-order valence-electron chi connectivity index (χ4n) is 2.87. The SMILES string of the molecule is COC1CC(O)(CC2CCCC2)C1. The molecule has 76 valence electrons. The van der Waals surface area contributed by atoms with Crippen LogP contribution in [0.1, 0.15) is 44.9 Å². The Bertz CT molecular complexity index is 167. The van der Waals surface area contributed by atoms with E-state index in [1.54, 1.807) is 7.11 Å². The van der Waals surface area contributed by atoms with Gasteiger partial charge in [-0.05, 0) is 12.3 Å². The summed E-state index contributed by atoms with van der Waals surface area (Å²) in [7, 11) is 1.74. The molecule has 0 aromatic carbocycles. The number of hydrogen-bond donors (Lipinski definition) is 1. The number of rotatable bonds is 3. The Kier molecular flexibility index (Phi) is 2.61. The van der Waals surface area contributed by atoms with Gasteiger partial charge in [-0.1, -0.05) is 25.7 Å². The van der Waals surface area contributed by atoms with Crippen LogP contribution in [-0.4, -0.2) is 23.9 Å². The summed E-state index contributed by atoms with van der Waals surface area (Å²) in [6, 6.07) is 0. The quantitative estimate of drug-likeness (QED) is 0.728. The van der Waals surface area contributed by atoms with Gasteiger partial charge in [0.1, 0.15) is 0 Å². The van der Waals surface area contributed by atoms with E-state index >= 15 is 0 Å². The Morgan fingerprint density at radius 3 is 2.46 bits per heavy atom. The predicted octanol–water partition coefficient (Wildman–Crippen LogP) is 2.11. The summed E-state index contributed by atoms with van der Waals surface area (Å²) in [5, 5.41) is 10.1. The van der Waals surface area contributed by atoms with Gasteiger partial charge < -0.3 is 9.84 Å². The molecule has 0 unspecified atom stereocenters. The summed E-state index contributed by atoms with van der Waals surface area (Å²) in [6.45, 7) is 0. The minimum absolute atomic E-state index is 0.325. The van der Waals surface area contributed by atoms with Crippen LogP contribution in [0.4, 0.5) is 0 Å². The molecule has 2 rings (SSSR count). The third-order valence-electron chi connectivity index (χ3n) is 3.69. The first-order valence-corrected chi connectivity index (χ1v) is 5.47. The highest BCUT2D eigenvalue weighted by Crippen LogP contribution is 2.42. The lowest BCUT2D eigenvalue weighted by molar-refractivity contribution is -0.137. The molecule has 0 aliphatic heterocycles. The van der Waals surface area contributed by atoms with Crippen molar-refractivity contribution < 1.29 is 9.84 Å². The molecule has 0 atom stereocenters. The predicted molar refractivity (Wildman–Crippen MR) is 51.6 cm³/mol. The van der Waals surface area contributed by atoms with Crippen molar-refractivity contribution in [1.82, 2.24) is 0 Å². The van der Waals surface area contributed by atoms with E-state index in [0.717, 1.165) is 25.2 Å². The third kappa shape index (κ3) is 2.05. The first-order valence-electron chi connectivity index (χ1n) is 5.47. The minimum atomic E-state index is -0.365. The Balaban J connectivity index is 1.75. The van der Waals surface area contributed by atoms with Crippen LogP contribution in [0.15, 0.2) is 0 Å². The zero-order valence-corrected chi connectivity index (χ0v) is 8.46. The Morgan fingerprint density at radius 2 is 1.92 bits per heavy atom. The molecule has 1 N–H and O–H groups in total. The molecular weight excluding hydrogens is 164 g/mol. The van der Waals surface area contributed by atoms with Gasteiger partial charge in [0.15, 0.2) is 0 Å². The molecule has 2 fully saturated rings. The molecule has 0 aromatic heterocycles. The third-order valence-corrected chi connectivity index (χ3v) is 3.69. The molecule has 0 bridgehead atoms. The van der Waals surface area contributed by atoms with Gasteiger partial charge in [0.05, 0.1) is 11.7 Å². The summed E-state index contributed by atoms with van der Waals surface area (Å²) in [5.74, 6) is 0.794. The highest BCUT2D eigenvalue weighted by Gasteiger charge is 2.44. The molecule has 2 aliphatic rings. The van der Waals surface area contributed by atoms with Crippen molar-refractivity contribution in [2.24, 2.45) is 5.92 Å². The highest BCUT2D eigenvalue weighted by atomic mass is 16.5. The summed E-state index contributed by atoms with van der Waals surface area (Å²) >= 11 is 0. The second kappa shape index (κ2) is 3.58. The first-order chi connectivity index (χ1) is 6.22. The normalized spacial score (nSPS) is 40.6. The minimum Gasteiger partial charge on any atom is -0.390 e. The summed E-state index contributed by atoms with van der Waals surface area (Å²) in [6.07, 6.45) is 8.47. The fourth-order valence-corrected chi connectivity index (χ4v) is 2.87. The van der Waals surface area contributed by atoms with Crippen LogP contribution in [0.5, 0.6) is 0 Å². The van der Waals surface area contributed by atoms with Crippen molar-refractivity contribution in [1.29, 1.82) is 0 Å². The Morgan fingerprint density at radius 1 is 1.31 bits per heavy atom. The van der Waals surface area contributed by atoms with E-state index in [4.69, 9.17) is 4.74 Å². The van der Waals surface area contributed by atoms with Gasteiger partial charge in [-0.3, -0.25) is 0 Å². The molecule has 0 aromatic rings. The molecule has 13 heavy (non-hydrogen) atoms. The van der Waals surface area contributed by atoms with E-state index in [0.29, 0.717) is 6.10 Å². The van der Waals surface area contributed by atoms with Crippen LogP contribution in [0.25, 0.3) is 0 Å². The van der Waals surface area contributed by atoms with Crippen LogP contribution in [0.2, 0.25) is 0 Å². The first kappa shape index (κ1) is 9.47. The maximum atomic E-state index is 10.1. The van der Waals surface area contributed by atoms with Gasteiger partial charge in [0.25, 0.3) is 0 Å². The van der Waals surface area contributed by atoms with Crippen molar-refractivity contribution in [3.8, 4) is 0 Å². The van der Waals surface area contributed by atoms with Gasteiger partial charge in [-0.15, -0.1) is 0 Å². The van der Waals surface area contributed by atoms with Crippen molar-refractivity contribution in [2.75, 3.05) is 7.11 Å². The molecule has 0 saturated heterocycles. The maximum Gasteiger partial charge on any atom is 0.0699 e. The van der Waals surface area contributed by atoms with Crippen molar-refractivity contribution in [3.05, 3.63) is 0 Å². The monoisotopic (exact) mass is 184 g/mol. The number of aliphatic hydroxyl groups is 1. The lowest BCUT2D eigenvalue weighted by Crippen LogP contribution is -2.48. The number of ether oxygens (including phenoxy) is 1. The smallest absolute Gasteiger partial charge is 0.0699 e. The molecular formula is C11H20O2. The largest absolute Gasteiger partial charge is 0.390 e. The molecule has 0 radical (unpaired) electrons. The van der Waals surface area contributed by atoms with Crippen LogP contribution in [-0.2, 0) is 4.74 Å². The Hall–Kier alpha value is -0.0800. The molecule has 0 spiro atoms. The maximum absolute atomic E-state index is 10.1. The Labute approximate surface area is 80.3 Å². The fraction of sp³-hybridized carbons (Fsp3) is 1.00. The number of methoxy groups -OCH3 is 1. The summed E-state index contributed by atoms with van der Waals surface area (Å²) < 4.78 is 5.19. The zero-order chi connectivity index (χ0) is 9.31. The second-order valence-corrected chi connectivity index (χ2v) is 4.84. The van der Waals surface area contributed by atoms with Gasteiger partial charge >= 0.3 is 0 Å². The van der Waals surface area contributed by atoms with Crippen molar-refractivity contribution in [3.63, 3.8) is 0 Å². The van der Waals surface area contributed by atoms with Gasteiger partial charge in [0, 0.05) is 20.0 Å². The van der Waals surface area contributed by atoms with E-state index < -0.39 is 0 Å². The number of hydrogen-bond acceptors (Lipinski definition) is 2. The van der Waals surface area contributed by atoms with Crippen LogP contribution >= 0.6 is 0 Å². The van der Waals surface area contributed by atoms with Crippen LogP contribution in [0.3, 0.4) is 0 Å². The second-order valence-electron chi connectivity index (χ2n) is 4.84. The molecule has 2 heteroatoms. The van der Waals surface area contributed by atoms with E-state index in [2.05, 4.69) is 0 Å². The van der Waals surface area contributed by atoms with E-state index in [1.807, 2.05) is 0 Å². The van der Waals surface area contributed by atoms with E-state index in [-0.39, 0.29) is 5.60 Å². The average molecular weight is 184 g/mol. The summed E-state index contributed by atoms with van der Waals surface area (Å²) in [4.78, 5) is 0. The van der Waals surface area contributed by atoms with Crippen LogP contribution in [0, 0.1) is 5.92 Å². The van der Waals surface area contributed by atoms with E-state index in [9.17, 15) is 5.11 Å². The molecule has 2 nitrogen and oxygen atoms in total. The van der Waals surface area contributed by atoms with Crippen molar-refractivity contribution >= 4 is 0 Å². The molecule has 0 amide bonds. The van der Waals surface area contributed by atoms with Gasteiger partial charge in [0.2, 0.25) is 0 Å². The summed E-state index contributed by atoms with van der Waals surface area (Å²) in [5.41, 5.74) is -0.365. The molecule has 2 saturated carbocycles. The lowest BCUT2D eigenvalue weighted by Gasteiger charge is -2.44. The average Bonchev–Trinajstić information content (AvgIpc) is 2.52. The van der Waals surface area contributed by atoms with Crippen molar-refractivity contribution in [2.45, 2.75) is 56.7 Å².